The highest BCUT2D eigenvalue weighted by atomic mass is 32.2. The van der Waals surface area contributed by atoms with Gasteiger partial charge in [-0.2, -0.15) is 4.31 Å². The van der Waals surface area contributed by atoms with Crippen LogP contribution in [0.15, 0.2) is 47.4 Å². The number of benzene rings is 2. The zero-order chi connectivity index (χ0) is 24.3. The van der Waals surface area contributed by atoms with Crippen LogP contribution < -0.4 is 5.32 Å². The number of nitrogens with one attached hydrogen (secondary N) is 1. The van der Waals surface area contributed by atoms with Crippen LogP contribution in [0.3, 0.4) is 0 Å². The maximum Gasteiger partial charge on any atom is 0.270 e. The van der Waals surface area contributed by atoms with Gasteiger partial charge in [0.15, 0.2) is 0 Å². The molecule has 0 spiro atoms. The summed E-state index contributed by atoms with van der Waals surface area (Å²) in [5.74, 6) is -0.0970. The number of rotatable bonds is 7. The summed E-state index contributed by atoms with van der Waals surface area (Å²) in [4.78, 5) is 24.8. The normalized spacial score (nSPS) is 18.1. The first-order valence-electron chi connectivity index (χ1n) is 11.6. The lowest BCUT2D eigenvalue weighted by molar-refractivity contribution is -0.385. The molecule has 1 aliphatic heterocycles. The van der Waals surface area contributed by atoms with Crippen LogP contribution in [0.1, 0.15) is 42.5 Å². The third kappa shape index (κ3) is 5.45. The molecule has 2 aromatic rings. The van der Waals surface area contributed by atoms with E-state index in [-0.39, 0.29) is 42.2 Å². The average molecular weight is 487 g/mol. The second-order valence-corrected chi connectivity index (χ2v) is 10.9. The number of carbonyl (C=O) groups excluding carboxylic acids is 1. The fraction of sp³-hybridized carbons (Fsp3) is 0.458. The van der Waals surface area contributed by atoms with E-state index in [1.165, 1.54) is 46.5 Å². The molecule has 0 radical (unpaired) electrons. The van der Waals surface area contributed by atoms with Gasteiger partial charge < -0.3 is 5.32 Å². The zero-order valence-electron chi connectivity index (χ0n) is 19.3. The number of carbonyl (C=O) groups is 1. The highest BCUT2D eigenvalue weighted by Gasteiger charge is 2.30. The fourth-order valence-corrected chi connectivity index (χ4v) is 6.09. The number of hydrogen-bond donors (Lipinski definition) is 1. The van der Waals surface area contributed by atoms with E-state index >= 15 is 0 Å². The van der Waals surface area contributed by atoms with Crippen molar-refractivity contribution in [3.05, 3.63) is 69.3 Å². The van der Waals surface area contributed by atoms with Crippen molar-refractivity contribution >= 4 is 21.6 Å². The van der Waals surface area contributed by atoms with Crippen molar-refractivity contribution in [1.82, 2.24) is 14.5 Å². The molecule has 2 aromatic carbocycles. The minimum atomic E-state index is -3.83. The van der Waals surface area contributed by atoms with Crippen LogP contribution in [0, 0.1) is 10.1 Å². The molecule has 1 N–H and O–H groups in total. The summed E-state index contributed by atoms with van der Waals surface area (Å²) >= 11 is 0. The first-order valence-corrected chi connectivity index (χ1v) is 13.1. The minimum absolute atomic E-state index is 0.0910. The van der Waals surface area contributed by atoms with Gasteiger partial charge in [-0.05, 0) is 55.4 Å². The highest BCUT2D eigenvalue weighted by Crippen LogP contribution is 2.25. The molecule has 4 rings (SSSR count). The Morgan fingerprint density at radius 3 is 2.47 bits per heavy atom. The van der Waals surface area contributed by atoms with Crippen molar-refractivity contribution in [2.24, 2.45) is 0 Å². The summed E-state index contributed by atoms with van der Waals surface area (Å²) in [7, 11) is -3.83. The van der Waals surface area contributed by atoms with Crippen LogP contribution in [0.2, 0.25) is 0 Å². The Hall–Kier alpha value is -2.82. The van der Waals surface area contributed by atoms with Gasteiger partial charge in [0, 0.05) is 38.3 Å². The van der Waals surface area contributed by atoms with Gasteiger partial charge in [-0.1, -0.05) is 24.3 Å². The number of amides is 1. The first-order chi connectivity index (χ1) is 16.2. The lowest BCUT2D eigenvalue weighted by Gasteiger charge is -2.33. The van der Waals surface area contributed by atoms with E-state index < -0.39 is 14.9 Å². The van der Waals surface area contributed by atoms with Crippen LogP contribution in [0.5, 0.6) is 0 Å². The van der Waals surface area contributed by atoms with Crippen molar-refractivity contribution in [3.63, 3.8) is 0 Å². The number of non-ortho nitro benzene ring substituents is 1. The molecule has 182 valence electrons. The molecule has 1 amide bonds. The molecule has 2 aliphatic rings. The summed E-state index contributed by atoms with van der Waals surface area (Å²) in [6.45, 7) is 3.44. The smallest absolute Gasteiger partial charge is 0.270 e. The molecule has 1 heterocycles. The Labute approximate surface area is 200 Å². The second-order valence-electron chi connectivity index (χ2n) is 8.96. The van der Waals surface area contributed by atoms with E-state index in [2.05, 4.69) is 23.5 Å². The van der Waals surface area contributed by atoms with Gasteiger partial charge in [-0.25, -0.2) is 8.42 Å². The number of fused-ring (bicyclic) bond motifs is 1. The molecule has 0 aromatic heterocycles. The third-order valence-electron chi connectivity index (χ3n) is 6.61. The van der Waals surface area contributed by atoms with E-state index in [0.717, 1.165) is 24.5 Å². The standard InChI is InChI=1S/C24H30N4O5S/c1-18(20-10-9-19-5-2-3-6-21(19)15-20)25-24(29)17-26-11-13-27(14-12-26)34(32,33)23-8-4-7-22(16-23)28(30)31/h4,7-10,15-16,18H,2-3,5-6,11-14,17H2,1H3,(H,25,29). The Morgan fingerprint density at radius 1 is 1.06 bits per heavy atom. The molecule has 1 saturated heterocycles. The van der Waals surface area contributed by atoms with E-state index in [0.29, 0.717) is 13.1 Å². The summed E-state index contributed by atoms with van der Waals surface area (Å²) in [5.41, 5.74) is 3.63. The van der Waals surface area contributed by atoms with Gasteiger partial charge in [0.05, 0.1) is 22.4 Å². The lowest BCUT2D eigenvalue weighted by atomic mass is 9.89. The van der Waals surface area contributed by atoms with Gasteiger partial charge in [0.2, 0.25) is 15.9 Å². The van der Waals surface area contributed by atoms with Gasteiger partial charge in [-0.3, -0.25) is 19.8 Å². The Balaban J connectivity index is 1.30. The zero-order valence-corrected chi connectivity index (χ0v) is 20.1. The molecule has 1 aliphatic carbocycles. The fourth-order valence-electron chi connectivity index (χ4n) is 4.63. The predicted octanol–water partition coefficient (Wildman–Crippen LogP) is 2.66. The second kappa shape index (κ2) is 10.2. The first kappa shape index (κ1) is 24.3. The van der Waals surface area contributed by atoms with Crippen LogP contribution >= 0.6 is 0 Å². The quantitative estimate of drug-likeness (QED) is 0.476. The van der Waals surface area contributed by atoms with Gasteiger partial charge in [0.25, 0.3) is 5.69 Å². The van der Waals surface area contributed by atoms with E-state index in [1.807, 2.05) is 11.8 Å². The molecule has 34 heavy (non-hydrogen) atoms. The predicted molar refractivity (Wildman–Crippen MR) is 128 cm³/mol. The SMILES string of the molecule is CC(NC(=O)CN1CCN(S(=O)(=O)c2cccc([N+](=O)[O-])c2)CC1)c1ccc2c(c1)CCCC2. The van der Waals surface area contributed by atoms with Gasteiger partial charge in [-0.15, -0.1) is 0 Å². The monoisotopic (exact) mass is 486 g/mol. The maximum absolute atomic E-state index is 12.9. The van der Waals surface area contributed by atoms with Crippen LogP contribution in [0.4, 0.5) is 5.69 Å². The minimum Gasteiger partial charge on any atom is -0.348 e. The topological polar surface area (TPSA) is 113 Å². The summed E-state index contributed by atoms with van der Waals surface area (Å²) in [6.07, 6.45) is 4.66. The van der Waals surface area contributed by atoms with E-state index in [1.54, 1.807) is 0 Å². The van der Waals surface area contributed by atoms with Gasteiger partial charge in [0.1, 0.15) is 0 Å². The Kier molecular flexibility index (Phi) is 7.30. The maximum atomic E-state index is 12.9. The molecular weight excluding hydrogens is 456 g/mol. The van der Waals surface area contributed by atoms with Crippen LogP contribution in [0.25, 0.3) is 0 Å². The number of nitro groups is 1. The van der Waals surface area contributed by atoms with Crippen molar-refractivity contribution in [1.29, 1.82) is 0 Å². The van der Waals surface area contributed by atoms with Crippen LogP contribution in [-0.2, 0) is 27.7 Å². The van der Waals surface area contributed by atoms with E-state index in [9.17, 15) is 23.3 Å². The van der Waals surface area contributed by atoms with Crippen molar-refractivity contribution < 1.29 is 18.1 Å². The Bertz CT molecular complexity index is 1180. The number of hydrogen-bond acceptors (Lipinski definition) is 6. The lowest BCUT2D eigenvalue weighted by Crippen LogP contribution is -2.51. The number of piperazine rings is 1. The van der Waals surface area contributed by atoms with Crippen molar-refractivity contribution in [3.8, 4) is 0 Å². The molecule has 1 fully saturated rings. The summed E-state index contributed by atoms with van der Waals surface area (Å²) in [6, 6.07) is 11.4. The van der Waals surface area contributed by atoms with Crippen molar-refractivity contribution in [2.45, 2.75) is 43.5 Å². The van der Waals surface area contributed by atoms with E-state index in [4.69, 9.17) is 0 Å². The summed E-state index contributed by atoms with van der Waals surface area (Å²) in [5, 5.41) is 14.0. The number of nitro benzene ring substituents is 1. The molecule has 1 atom stereocenters. The number of aryl methyl sites for hydroxylation is 2. The highest BCUT2D eigenvalue weighted by molar-refractivity contribution is 7.89. The average Bonchev–Trinajstić information content (AvgIpc) is 2.84. The van der Waals surface area contributed by atoms with Gasteiger partial charge >= 0.3 is 0 Å². The molecule has 9 nitrogen and oxygen atoms in total. The van der Waals surface area contributed by atoms with Crippen LogP contribution in [-0.4, -0.2) is 61.2 Å². The molecule has 0 saturated carbocycles. The molecule has 0 bridgehead atoms. The third-order valence-corrected chi connectivity index (χ3v) is 8.51. The molecule has 1 unspecified atom stereocenters. The molecular formula is C24H30N4O5S. The largest absolute Gasteiger partial charge is 0.348 e. The summed E-state index contributed by atoms with van der Waals surface area (Å²) < 4.78 is 27.1. The number of sulfonamides is 1. The number of nitrogens with zero attached hydrogens (tertiary/aromatic N) is 3. The molecule has 10 heteroatoms. The Morgan fingerprint density at radius 2 is 1.76 bits per heavy atom. The van der Waals surface area contributed by atoms with Crippen molar-refractivity contribution in [2.75, 3.05) is 32.7 Å².